The van der Waals surface area contributed by atoms with Crippen molar-refractivity contribution in [2.45, 2.75) is 33.2 Å². The Morgan fingerprint density at radius 2 is 2.21 bits per heavy atom. The number of rotatable bonds is 3. The minimum Gasteiger partial charge on any atom is -0.313 e. The van der Waals surface area contributed by atoms with E-state index in [9.17, 15) is 0 Å². The largest absolute Gasteiger partial charge is 0.313 e. The Morgan fingerprint density at radius 3 is 2.93 bits per heavy atom. The summed E-state index contributed by atoms with van der Waals surface area (Å²) in [5.41, 5.74) is 2.02. The monoisotopic (exact) mass is 189 g/mol. The molecule has 2 aromatic heterocycles. The zero-order valence-corrected chi connectivity index (χ0v) is 8.70. The normalized spacial score (nSPS) is 11.0. The smallest absolute Gasteiger partial charge is 0.159 e. The van der Waals surface area contributed by atoms with Crippen LogP contribution in [0.4, 0.5) is 0 Å². The second kappa shape index (κ2) is 3.78. The Labute approximate surface area is 83.8 Å². The standard InChI is InChI=1S/C11H15N3/c1-3-6-10-13-9-7-5-8-12-11(9)14(10)4-2/h5,7-8H,3-4,6H2,1-2H3. The van der Waals surface area contributed by atoms with Gasteiger partial charge in [-0.05, 0) is 25.5 Å². The molecule has 0 radical (unpaired) electrons. The lowest BCUT2D eigenvalue weighted by Crippen LogP contribution is -2.01. The second-order valence-corrected chi connectivity index (χ2v) is 3.37. The summed E-state index contributed by atoms with van der Waals surface area (Å²) in [7, 11) is 0. The molecule has 2 aromatic rings. The van der Waals surface area contributed by atoms with E-state index in [4.69, 9.17) is 0 Å². The van der Waals surface area contributed by atoms with Gasteiger partial charge in [-0.3, -0.25) is 0 Å². The van der Waals surface area contributed by atoms with Crippen LogP contribution in [-0.4, -0.2) is 14.5 Å². The maximum Gasteiger partial charge on any atom is 0.159 e. The molecule has 0 aliphatic heterocycles. The minimum absolute atomic E-state index is 0.947. The average Bonchev–Trinajstić information content (AvgIpc) is 2.55. The average molecular weight is 189 g/mol. The van der Waals surface area contributed by atoms with Crippen molar-refractivity contribution in [3.8, 4) is 0 Å². The highest BCUT2D eigenvalue weighted by Crippen LogP contribution is 2.14. The van der Waals surface area contributed by atoms with Crippen molar-refractivity contribution >= 4 is 11.2 Å². The molecule has 0 saturated heterocycles. The molecule has 0 aliphatic rings. The first-order chi connectivity index (χ1) is 6.86. The number of nitrogens with zero attached hydrogens (tertiary/aromatic N) is 3. The lowest BCUT2D eigenvalue weighted by molar-refractivity contribution is 0.695. The van der Waals surface area contributed by atoms with Gasteiger partial charge in [0.1, 0.15) is 11.3 Å². The van der Waals surface area contributed by atoms with Crippen LogP contribution in [-0.2, 0) is 13.0 Å². The minimum atomic E-state index is 0.947. The van der Waals surface area contributed by atoms with E-state index in [1.54, 1.807) is 0 Å². The van der Waals surface area contributed by atoms with Crippen LogP contribution in [0.3, 0.4) is 0 Å². The topological polar surface area (TPSA) is 30.7 Å². The summed E-state index contributed by atoms with van der Waals surface area (Å²) in [5.74, 6) is 1.16. The van der Waals surface area contributed by atoms with Gasteiger partial charge in [0.2, 0.25) is 0 Å². The van der Waals surface area contributed by atoms with Crippen LogP contribution in [0.5, 0.6) is 0 Å². The van der Waals surface area contributed by atoms with Crippen molar-refractivity contribution in [3.05, 3.63) is 24.2 Å². The van der Waals surface area contributed by atoms with Crippen LogP contribution in [0.15, 0.2) is 18.3 Å². The number of aromatic nitrogens is 3. The van der Waals surface area contributed by atoms with Crippen molar-refractivity contribution in [1.82, 2.24) is 14.5 Å². The molecular formula is C11H15N3. The van der Waals surface area contributed by atoms with Gasteiger partial charge in [-0.2, -0.15) is 0 Å². The second-order valence-electron chi connectivity index (χ2n) is 3.37. The highest BCUT2D eigenvalue weighted by Gasteiger charge is 2.08. The van der Waals surface area contributed by atoms with Crippen molar-refractivity contribution in [3.63, 3.8) is 0 Å². The zero-order valence-electron chi connectivity index (χ0n) is 8.70. The van der Waals surface area contributed by atoms with E-state index in [2.05, 4.69) is 28.4 Å². The molecule has 14 heavy (non-hydrogen) atoms. The molecule has 0 atom stereocenters. The summed E-state index contributed by atoms with van der Waals surface area (Å²) in [6.45, 7) is 5.25. The molecule has 0 unspecified atom stereocenters. The van der Waals surface area contributed by atoms with Crippen molar-refractivity contribution in [1.29, 1.82) is 0 Å². The third-order valence-electron chi connectivity index (χ3n) is 2.37. The van der Waals surface area contributed by atoms with Crippen molar-refractivity contribution in [2.75, 3.05) is 0 Å². The van der Waals surface area contributed by atoms with Crippen molar-refractivity contribution in [2.24, 2.45) is 0 Å². The van der Waals surface area contributed by atoms with Gasteiger partial charge in [0.15, 0.2) is 5.65 Å². The number of imidazole rings is 1. The van der Waals surface area contributed by atoms with E-state index in [-0.39, 0.29) is 0 Å². The summed E-state index contributed by atoms with van der Waals surface area (Å²) < 4.78 is 2.19. The Hall–Kier alpha value is -1.38. The van der Waals surface area contributed by atoms with Gasteiger partial charge >= 0.3 is 0 Å². The molecule has 0 bridgehead atoms. The van der Waals surface area contributed by atoms with Crippen LogP contribution in [0.25, 0.3) is 11.2 Å². The maximum absolute atomic E-state index is 4.57. The van der Waals surface area contributed by atoms with Gasteiger partial charge in [-0.25, -0.2) is 9.97 Å². The third kappa shape index (κ3) is 1.39. The molecular weight excluding hydrogens is 174 g/mol. The summed E-state index contributed by atoms with van der Waals surface area (Å²) >= 11 is 0. The van der Waals surface area contributed by atoms with E-state index < -0.39 is 0 Å². The van der Waals surface area contributed by atoms with Gasteiger partial charge < -0.3 is 4.57 Å². The van der Waals surface area contributed by atoms with Gasteiger partial charge in [0.25, 0.3) is 0 Å². The summed E-state index contributed by atoms with van der Waals surface area (Å²) in [6, 6.07) is 3.96. The molecule has 0 fully saturated rings. The maximum atomic E-state index is 4.57. The highest BCUT2D eigenvalue weighted by atomic mass is 15.1. The fraction of sp³-hybridized carbons (Fsp3) is 0.455. The lowest BCUT2D eigenvalue weighted by atomic mass is 10.3. The fourth-order valence-corrected chi connectivity index (χ4v) is 1.75. The quantitative estimate of drug-likeness (QED) is 0.742. The van der Waals surface area contributed by atoms with Crippen LogP contribution < -0.4 is 0 Å². The molecule has 0 spiro atoms. The molecule has 2 heterocycles. The fourth-order valence-electron chi connectivity index (χ4n) is 1.75. The third-order valence-corrected chi connectivity index (χ3v) is 2.37. The van der Waals surface area contributed by atoms with Crippen LogP contribution in [0.1, 0.15) is 26.1 Å². The molecule has 0 saturated carbocycles. The first-order valence-corrected chi connectivity index (χ1v) is 5.17. The number of hydrogen-bond donors (Lipinski definition) is 0. The Bertz CT molecular complexity index is 431. The SMILES string of the molecule is CCCc1nc2cccnc2n1CC. The van der Waals surface area contributed by atoms with Gasteiger partial charge in [0, 0.05) is 19.2 Å². The van der Waals surface area contributed by atoms with Gasteiger partial charge in [0.05, 0.1) is 0 Å². The lowest BCUT2D eigenvalue weighted by Gasteiger charge is -2.02. The zero-order chi connectivity index (χ0) is 9.97. The first kappa shape index (κ1) is 9.19. The number of fused-ring (bicyclic) bond motifs is 1. The van der Waals surface area contributed by atoms with Crippen LogP contribution in [0.2, 0.25) is 0 Å². The van der Waals surface area contributed by atoms with Gasteiger partial charge in [-0.15, -0.1) is 0 Å². The van der Waals surface area contributed by atoms with E-state index in [1.807, 2.05) is 18.3 Å². The predicted octanol–water partition coefficient (Wildman–Crippen LogP) is 2.40. The molecule has 3 nitrogen and oxygen atoms in total. The molecule has 2 rings (SSSR count). The number of hydrogen-bond acceptors (Lipinski definition) is 2. The molecule has 0 aromatic carbocycles. The Balaban J connectivity index is 2.60. The summed E-state index contributed by atoms with van der Waals surface area (Å²) in [6.07, 6.45) is 3.99. The predicted molar refractivity (Wildman–Crippen MR) is 57.2 cm³/mol. The molecule has 0 N–H and O–H groups in total. The van der Waals surface area contributed by atoms with Crippen molar-refractivity contribution < 1.29 is 0 Å². The van der Waals surface area contributed by atoms with Gasteiger partial charge in [-0.1, -0.05) is 6.92 Å². The van der Waals surface area contributed by atoms with E-state index >= 15 is 0 Å². The van der Waals surface area contributed by atoms with E-state index in [0.29, 0.717) is 0 Å². The Morgan fingerprint density at radius 1 is 1.36 bits per heavy atom. The van der Waals surface area contributed by atoms with E-state index in [1.165, 1.54) is 0 Å². The Kier molecular flexibility index (Phi) is 2.48. The highest BCUT2D eigenvalue weighted by molar-refractivity contribution is 5.71. The molecule has 74 valence electrons. The van der Waals surface area contributed by atoms with E-state index in [0.717, 1.165) is 36.4 Å². The first-order valence-electron chi connectivity index (χ1n) is 5.17. The van der Waals surface area contributed by atoms with Crippen LogP contribution >= 0.6 is 0 Å². The molecule has 0 amide bonds. The summed E-state index contributed by atoms with van der Waals surface area (Å²) in [5, 5.41) is 0. The summed E-state index contributed by atoms with van der Waals surface area (Å²) in [4.78, 5) is 8.93. The molecule has 3 heteroatoms. The molecule has 0 aliphatic carbocycles. The number of aryl methyl sites for hydroxylation is 2. The number of pyridine rings is 1. The van der Waals surface area contributed by atoms with Crippen LogP contribution in [0, 0.1) is 0 Å².